The van der Waals surface area contributed by atoms with E-state index < -0.39 is 10.1 Å². The summed E-state index contributed by atoms with van der Waals surface area (Å²) in [5.74, 6) is 1.78. The molecule has 0 amide bonds. The van der Waals surface area contributed by atoms with Crippen LogP contribution in [-0.2, 0) is 10.1 Å². The van der Waals surface area contributed by atoms with Crippen LogP contribution in [0.4, 0.5) is 11.6 Å². The smallest absolute Gasteiger partial charge is 0.294 e. The molecule has 0 saturated heterocycles. The van der Waals surface area contributed by atoms with Crippen molar-refractivity contribution in [2.24, 2.45) is 0 Å². The molecule has 3 aromatic carbocycles. The Morgan fingerprint density at radius 3 is 2.03 bits per heavy atom. The predicted octanol–water partition coefficient (Wildman–Crippen LogP) is 4.98. The third kappa shape index (κ3) is 5.38. The van der Waals surface area contributed by atoms with E-state index in [0.29, 0.717) is 0 Å². The third-order valence-corrected chi connectivity index (χ3v) is 7.35. The molecule has 0 radical (unpaired) electrons. The number of benzene rings is 3. The minimum absolute atomic E-state index is 0.0398. The lowest BCUT2D eigenvalue weighted by Gasteiger charge is -2.23. The first-order valence-corrected chi connectivity index (χ1v) is 13.7. The average molecular weight is 541 g/mol. The fraction of sp³-hybridized carbons (Fsp3) is 0.138. The molecule has 3 heterocycles. The molecule has 0 spiro atoms. The Labute approximate surface area is 227 Å². The number of aromatic nitrogens is 4. The van der Waals surface area contributed by atoms with Crippen molar-refractivity contribution in [3.05, 3.63) is 109 Å². The topological polar surface area (TPSA) is 104 Å². The average Bonchev–Trinajstić information content (AvgIpc) is 3.43. The number of rotatable bonds is 4. The van der Waals surface area contributed by atoms with E-state index in [4.69, 9.17) is 9.65 Å². The molecule has 1 N–H and O–H groups in total. The van der Waals surface area contributed by atoms with E-state index in [1.54, 1.807) is 24.5 Å². The van der Waals surface area contributed by atoms with Gasteiger partial charge in [0.05, 0.1) is 21.8 Å². The van der Waals surface area contributed by atoms with Crippen LogP contribution < -0.4 is 9.80 Å². The first-order valence-electron chi connectivity index (χ1n) is 12.3. The Bertz CT molecular complexity index is 1710. The highest BCUT2D eigenvalue weighted by Crippen LogP contribution is 2.34. The summed E-state index contributed by atoms with van der Waals surface area (Å²) in [6, 6.07) is 24.5. The van der Waals surface area contributed by atoms with Gasteiger partial charge in [0.2, 0.25) is 0 Å². The van der Waals surface area contributed by atoms with Gasteiger partial charge in [-0.1, -0.05) is 54.1 Å². The van der Waals surface area contributed by atoms with Gasteiger partial charge in [-0.3, -0.25) is 4.55 Å². The molecule has 6 rings (SSSR count). The molecule has 0 unspecified atom stereocenters. The molecule has 5 aromatic rings. The van der Waals surface area contributed by atoms with Gasteiger partial charge in [-0.25, -0.2) is 14.6 Å². The van der Waals surface area contributed by atoms with Crippen molar-refractivity contribution in [1.29, 1.82) is 0 Å². The minimum atomic E-state index is -4.02. The molecule has 39 heavy (non-hydrogen) atoms. The second kappa shape index (κ2) is 10.7. The molecule has 2 aromatic heterocycles. The highest BCUT2D eigenvalue weighted by molar-refractivity contribution is 7.85. The van der Waals surface area contributed by atoms with Crippen molar-refractivity contribution < 1.29 is 13.0 Å². The van der Waals surface area contributed by atoms with Gasteiger partial charge in [0, 0.05) is 31.9 Å². The predicted molar refractivity (Wildman–Crippen MR) is 154 cm³/mol. The third-order valence-electron chi connectivity index (χ3n) is 6.48. The van der Waals surface area contributed by atoms with Crippen LogP contribution in [0, 0.1) is 6.92 Å². The number of hydrogen-bond donors (Lipinski definition) is 1. The lowest BCUT2D eigenvalue weighted by molar-refractivity contribution is 0.483. The van der Waals surface area contributed by atoms with Gasteiger partial charge < -0.3 is 9.80 Å². The van der Waals surface area contributed by atoms with E-state index in [-0.39, 0.29) is 11.1 Å². The zero-order valence-electron chi connectivity index (χ0n) is 21.7. The van der Waals surface area contributed by atoms with Gasteiger partial charge in [0.1, 0.15) is 6.17 Å². The van der Waals surface area contributed by atoms with E-state index in [1.807, 2.05) is 56.0 Å². The van der Waals surface area contributed by atoms with Crippen molar-refractivity contribution in [3.63, 3.8) is 0 Å². The van der Waals surface area contributed by atoms with Crippen LogP contribution >= 0.6 is 0 Å². The molecule has 0 aliphatic carbocycles. The summed E-state index contributed by atoms with van der Waals surface area (Å²) in [5, 5.41) is 6.01. The molecule has 9 nitrogen and oxygen atoms in total. The van der Waals surface area contributed by atoms with E-state index in [9.17, 15) is 8.42 Å². The second-order valence-electron chi connectivity index (χ2n) is 9.14. The normalized spacial score (nSPS) is 13.5. The number of fused-ring (bicyclic) bond motifs is 2. The Kier molecular flexibility index (Phi) is 7.14. The van der Waals surface area contributed by atoms with Crippen LogP contribution in [0.1, 0.15) is 11.3 Å². The Morgan fingerprint density at radius 1 is 0.821 bits per heavy atom. The maximum absolute atomic E-state index is 10.5. The van der Waals surface area contributed by atoms with Crippen molar-refractivity contribution in [3.8, 4) is 5.69 Å². The van der Waals surface area contributed by atoms with Crippen molar-refractivity contribution >= 4 is 38.7 Å². The summed E-state index contributed by atoms with van der Waals surface area (Å²) in [5.41, 5.74) is 4.04. The van der Waals surface area contributed by atoms with E-state index >= 15 is 0 Å². The van der Waals surface area contributed by atoms with Crippen LogP contribution in [0.15, 0.2) is 102 Å². The van der Waals surface area contributed by atoms with E-state index in [1.165, 1.54) is 12.1 Å². The van der Waals surface area contributed by atoms with Gasteiger partial charge >= 0.3 is 0 Å². The number of hydrogen-bond acceptors (Lipinski definition) is 7. The summed E-state index contributed by atoms with van der Waals surface area (Å²) in [7, 11) is 0.0493. The fourth-order valence-corrected chi connectivity index (χ4v) is 4.94. The summed E-state index contributed by atoms with van der Waals surface area (Å²) in [6.07, 6.45) is 7.73. The monoisotopic (exact) mass is 540 g/mol. The summed E-state index contributed by atoms with van der Waals surface area (Å²) < 4.78 is 31.5. The minimum Gasteiger partial charge on any atom is -0.333 e. The zero-order valence-corrected chi connectivity index (χ0v) is 22.6. The van der Waals surface area contributed by atoms with E-state index in [0.717, 1.165) is 39.5 Å². The molecular weight excluding hydrogens is 512 g/mol. The molecule has 1 aliphatic rings. The van der Waals surface area contributed by atoms with Gasteiger partial charge in [0.25, 0.3) is 10.1 Å². The first-order chi connectivity index (χ1) is 18.7. The number of nitrogens with zero attached hydrogens (tertiary/aromatic N) is 6. The Morgan fingerprint density at radius 2 is 1.41 bits per heavy atom. The second-order valence-corrected chi connectivity index (χ2v) is 10.6. The molecule has 198 valence electrons. The lowest BCUT2D eigenvalue weighted by Crippen LogP contribution is -2.37. The van der Waals surface area contributed by atoms with Gasteiger partial charge in [-0.2, -0.15) is 13.5 Å². The lowest BCUT2D eigenvalue weighted by atomic mass is 10.2. The van der Waals surface area contributed by atoms with Crippen LogP contribution in [0.2, 0.25) is 0 Å². The van der Waals surface area contributed by atoms with Gasteiger partial charge in [-0.15, -0.1) is 0 Å². The summed E-state index contributed by atoms with van der Waals surface area (Å²) >= 11 is 0. The highest BCUT2D eigenvalue weighted by Gasteiger charge is 2.31. The molecular formula is C29H28N6O3S. The fourth-order valence-electron chi connectivity index (χ4n) is 4.46. The summed E-state index contributed by atoms with van der Waals surface area (Å²) in [4.78, 5) is 13.1. The standard InChI is InChI=1S/C22H20N6.C7H8O3S/c1-26-20(27(2)22-21(26)23-14-15-24-22)13-12-18-17-10-6-7-11-19(17)28(25-18)16-8-4-3-5-9-16;1-6-2-4-7(5-3-6)11(8,9)10/h3-15,20H,1-2H3;2-5H,1H3,(H,8,9,10). The maximum atomic E-state index is 10.5. The number of para-hydroxylation sites is 2. The number of likely N-dealkylation sites (N-methyl/N-ethyl adjacent to an activating group) is 2. The van der Waals surface area contributed by atoms with Crippen LogP contribution in [0.3, 0.4) is 0 Å². The summed E-state index contributed by atoms with van der Waals surface area (Å²) in [6.45, 7) is 1.84. The van der Waals surface area contributed by atoms with Crippen molar-refractivity contribution in [2.75, 3.05) is 23.9 Å². The highest BCUT2D eigenvalue weighted by atomic mass is 32.2. The SMILES string of the molecule is CN1c2nccnc2N(C)C1C=Cc1nn(-c2ccccc2)c2ccccc12.Cc1ccc(S(=O)(=O)O)cc1. The number of aryl methyl sites for hydroxylation is 1. The molecule has 1 aliphatic heterocycles. The molecule has 10 heteroatoms. The molecule has 0 bridgehead atoms. The van der Waals surface area contributed by atoms with Crippen molar-refractivity contribution in [1.82, 2.24) is 19.7 Å². The van der Waals surface area contributed by atoms with Crippen molar-refractivity contribution in [2.45, 2.75) is 18.0 Å². The Hall–Kier alpha value is -4.54. The quantitative estimate of drug-likeness (QED) is 0.318. The Balaban J connectivity index is 0.000000237. The first kappa shape index (κ1) is 26.1. The molecule has 0 atom stereocenters. The molecule has 0 saturated carbocycles. The van der Waals surface area contributed by atoms with Crippen LogP contribution in [0.25, 0.3) is 22.7 Å². The van der Waals surface area contributed by atoms with Crippen LogP contribution in [-0.4, -0.2) is 53.0 Å². The molecule has 0 fully saturated rings. The maximum Gasteiger partial charge on any atom is 0.294 e. The number of anilines is 2. The largest absolute Gasteiger partial charge is 0.333 e. The van der Waals surface area contributed by atoms with Gasteiger partial charge in [-0.05, 0) is 49.4 Å². The van der Waals surface area contributed by atoms with Crippen LogP contribution in [0.5, 0.6) is 0 Å². The van der Waals surface area contributed by atoms with Gasteiger partial charge in [0.15, 0.2) is 11.6 Å². The zero-order chi connectivity index (χ0) is 27.6. The van der Waals surface area contributed by atoms with E-state index in [2.05, 4.69) is 56.2 Å².